The Morgan fingerprint density at radius 1 is 1.55 bits per heavy atom. The maximum Gasteiger partial charge on any atom is 0.390 e. The van der Waals surface area contributed by atoms with E-state index in [1.165, 1.54) is 10.7 Å². The number of carbonyl (C=O) groups excluding carboxylic acids is 1. The lowest BCUT2D eigenvalue weighted by atomic mass is 10.00. The Morgan fingerprint density at radius 3 is 2.90 bits per heavy atom. The number of nitrogens with zero attached hydrogens (tertiary/aromatic N) is 4. The zero-order chi connectivity index (χ0) is 14.7. The molecule has 2 heterocycles. The van der Waals surface area contributed by atoms with Gasteiger partial charge >= 0.3 is 5.82 Å². The molecular weight excluding hydrogens is 260 g/mol. The van der Waals surface area contributed by atoms with Crippen molar-refractivity contribution in [2.45, 2.75) is 52.1 Å². The molecule has 0 N–H and O–H groups in total. The van der Waals surface area contributed by atoms with Gasteiger partial charge in [-0.2, -0.15) is 4.68 Å². The minimum absolute atomic E-state index is 0.00218. The summed E-state index contributed by atoms with van der Waals surface area (Å²) in [5, 5.41) is 14.6. The summed E-state index contributed by atoms with van der Waals surface area (Å²) in [4.78, 5) is 24.4. The number of piperidine rings is 1. The molecule has 1 atom stereocenters. The molecule has 0 saturated carbocycles. The number of aryl methyl sites for hydroxylation is 1. The van der Waals surface area contributed by atoms with Crippen LogP contribution in [0.5, 0.6) is 0 Å². The standard InChI is InChI=1S/C13H20N4O3/c1-3-11-6-4-5-7-15(11)13(18)9-16-10(2)8-12(14-16)17(19)20/h8,11H,3-7,9H2,1-2H3. The van der Waals surface area contributed by atoms with Gasteiger partial charge in [-0.05, 0) is 37.5 Å². The molecule has 1 amide bonds. The van der Waals surface area contributed by atoms with Crippen LogP contribution in [-0.4, -0.2) is 38.1 Å². The molecule has 20 heavy (non-hydrogen) atoms. The van der Waals surface area contributed by atoms with Crippen LogP contribution in [0.25, 0.3) is 0 Å². The summed E-state index contributed by atoms with van der Waals surface area (Å²) in [6, 6.07) is 1.68. The van der Waals surface area contributed by atoms with Crippen LogP contribution in [0.4, 0.5) is 5.82 Å². The van der Waals surface area contributed by atoms with Crippen LogP contribution in [0.1, 0.15) is 38.3 Å². The maximum absolute atomic E-state index is 12.4. The Hall–Kier alpha value is -1.92. The lowest BCUT2D eigenvalue weighted by Gasteiger charge is -2.35. The van der Waals surface area contributed by atoms with Crippen LogP contribution < -0.4 is 0 Å². The van der Waals surface area contributed by atoms with Gasteiger partial charge in [-0.3, -0.25) is 4.79 Å². The summed E-state index contributed by atoms with van der Waals surface area (Å²) in [6.07, 6.45) is 4.18. The van der Waals surface area contributed by atoms with E-state index in [1.54, 1.807) is 6.92 Å². The SMILES string of the molecule is CCC1CCCCN1C(=O)Cn1nc([N+](=O)[O-])cc1C. The Balaban J connectivity index is 2.08. The number of likely N-dealkylation sites (tertiary alicyclic amines) is 1. The largest absolute Gasteiger partial charge is 0.390 e. The van der Waals surface area contributed by atoms with Crippen molar-refractivity contribution in [2.75, 3.05) is 6.54 Å². The summed E-state index contributed by atoms with van der Waals surface area (Å²) in [6.45, 7) is 4.66. The molecular formula is C13H20N4O3. The van der Waals surface area contributed by atoms with Crippen molar-refractivity contribution in [1.29, 1.82) is 0 Å². The number of nitro groups is 1. The molecule has 1 unspecified atom stereocenters. The van der Waals surface area contributed by atoms with Gasteiger partial charge in [-0.1, -0.05) is 6.92 Å². The number of hydrogen-bond acceptors (Lipinski definition) is 4. The molecule has 0 aliphatic carbocycles. The molecule has 0 spiro atoms. The van der Waals surface area contributed by atoms with Gasteiger partial charge in [0.2, 0.25) is 5.91 Å². The van der Waals surface area contributed by atoms with Crippen molar-refractivity contribution in [3.8, 4) is 0 Å². The first kappa shape index (κ1) is 14.5. The number of amides is 1. The Bertz CT molecular complexity index is 512. The lowest BCUT2D eigenvalue weighted by molar-refractivity contribution is -0.389. The molecule has 1 saturated heterocycles. The van der Waals surface area contributed by atoms with Gasteiger partial charge in [0, 0.05) is 12.6 Å². The highest BCUT2D eigenvalue weighted by Crippen LogP contribution is 2.20. The first-order valence-corrected chi connectivity index (χ1v) is 7.01. The molecule has 1 aromatic heterocycles. The second-order valence-electron chi connectivity index (χ2n) is 5.20. The smallest absolute Gasteiger partial charge is 0.358 e. The Labute approximate surface area is 117 Å². The normalized spacial score (nSPS) is 19.1. The molecule has 1 aromatic rings. The molecule has 7 nitrogen and oxygen atoms in total. The summed E-state index contributed by atoms with van der Waals surface area (Å²) in [7, 11) is 0. The van der Waals surface area contributed by atoms with E-state index < -0.39 is 4.92 Å². The van der Waals surface area contributed by atoms with Crippen molar-refractivity contribution in [3.05, 3.63) is 21.9 Å². The fourth-order valence-electron chi connectivity index (χ4n) is 2.71. The number of carbonyl (C=O) groups is 1. The predicted molar refractivity (Wildman–Crippen MR) is 73.3 cm³/mol. The maximum atomic E-state index is 12.4. The van der Waals surface area contributed by atoms with E-state index in [0.717, 1.165) is 32.2 Å². The molecule has 1 aliphatic heterocycles. The summed E-state index contributed by atoms with van der Waals surface area (Å²) >= 11 is 0. The molecule has 1 aliphatic rings. The van der Waals surface area contributed by atoms with Crippen LogP contribution in [0, 0.1) is 17.0 Å². The zero-order valence-corrected chi connectivity index (χ0v) is 11.9. The number of hydrogen-bond donors (Lipinski definition) is 0. The summed E-state index contributed by atoms with van der Waals surface area (Å²) < 4.78 is 1.42. The van der Waals surface area contributed by atoms with Crippen molar-refractivity contribution < 1.29 is 9.72 Å². The van der Waals surface area contributed by atoms with Gasteiger partial charge in [0.1, 0.15) is 6.54 Å². The average Bonchev–Trinajstić information content (AvgIpc) is 2.80. The minimum Gasteiger partial charge on any atom is -0.358 e. The monoisotopic (exact) mass is 280 g/mol. The van der Waals surface area contributed by atoms with Crippen molar-refractivity contribution in [2.24, 2.45) is 0 Å². The van der Waals surface area contributed by atoms with Crippen LogP contribution in [0.15, 0.2) is 6.07 Å². The van der Waals surface area contributed by atoms with Gasteiger partial charge in [-0.15, -0.1) is 0 Å². The highest BCUT2D eigenvalue weighted by molar-refractivity contribution is 5.76. The van der Waals surface area contributed by atoms with E-state index in [9.17, 15) is 14.9 Å². The van der Waals surface area contributed by atoms with Crippen molar-refractivity contribution in [1.82, 2.24) is 14.7 Å². The van der Waals surface area contributed by atoms with E-state index in [-0.39, 0.29) is 18.3 Å². The molecule has 2 rings (SSSR count). The fraction of sp³-hybridized carbons (Fsp3) is 0.692. The topological polar surface area (TPSA) is 81.3 Å². The molecule has 110 valence electrons. The highest BCUT2D eigenvalue weighted by atomic mass is 16.6. The third kappa shape index (κ3) is 2.97. The molecule has 0 bridgehead atoms. The van der Waals surface area contributed by atoms with Crippen molar-refractivity contribution >= 4 is 11.7 Å². The quantitative estimate of drug-likeness (QED) is 0.623. The second-order valence-corrected chi connectivity index (χ2v) is 5.20. The number of rotatable bonds is 4. The first-order chi connectivity index (χ1) is 9.52. The zero-order valence-electron chi connectivity index (χ0n) is 11.9. The van der Waals surface area contributed by atoms with E-state index in [2.05, 4.69) is 12.0 Å². The first-order valence-electron chi connectivity index (χ1n) is 7.01. The van der Waals surface area contributed by atoms with Crippen LogP contribution >= 0.6 is 0 Å². The summed E-state index contributed by atoms with van der Waals surface area (Å²) in [5.41, 5.74) is 0.634. The Morgan fingerprint density at radius 2 is 2.30 bits per heavy atom. The fourth-order valence-corrected chi connectivity index (χ4v) is 2.71. The van der Waals surface area contributed by atoms with E-state index in [4.69, 9.17) is 0 Å². The van der Waals surface area contributed by atoms with Crippen LogP contribution in [-0.2, 0) is 11.3 Å². The van der Waals surface area contributed by atoms with Gasteiger partial charge in [0.15, 0.2) is 0 Å². The van der Waals surface area contributed by atoms with Crippen molar-refractivity contribution in [3.63, 3.8) is 0 Å². The highest BCUT2D eigenvalue weighted by Gasteiger charge is 2.27. The average molecular weight is 280 g/mol. The molecule has 0 aromatic carbocycles. The third-order valence-corrected chi connectivity index (χ3v) is 3.86. The summed E-state index contributed by atoms with van der Waals surface area (Å²) in [5.74, 6) is -0.210. The Kier molecular flexibility index (Phi) is 4.36. The van der Waals surface area contributed by atoms with Gasteiger partial charge in [0.05, 0.1) is 16.9 Å². The number of aromatic nitrogens is 2. The van der Waals surface area contributed by atoms with E-state index in [0.29, 0.717) is 11.7 Å². The minimum atomic E-state index is -0.538. The van der Waals surface area contributed by atoms with Gasteiger partial charge in [-0.25, -0.2) is 0 Å². The van der Waals surface area contributed by atoms with Crippen LogP contribution in [0.2, 0.25) is 0 Å². The van der Waals surface area contributed by atoms with E-state index in [1.807, 2.05) is 4.90 Å². The second kappa shape index (κ2) is 6.02. The third-order valence-electron chi connectivity index (χ3n) is 3.86. The van der Waals surface area contributed by atoms with Gasteiger partial charge < -0.3 is 15.0 Å². The predicted octanol–water partition coefficient (Wildman–Crippen LogP) is 1.89. The molecule has 1 fully saturated rings. The van der Waals surface area contributed by atoms with Gasteiger partial charge in [0.25, 0.3) is 0 Å². The van der Waals surface area contributed by atoms with E-state index >= 15 is 0 Å². The molecule has 0 radical (unpaired) electrons. The lowest BCUT2D eigenvalue weighted by Crippen LogP contribution is -2.45. The molecule has 7 heteroatoms. The van der Waals surface area contributed by atoms with Crippen LogP contribution in [0.3, 0.4) is 0 Å².